The molecular formula is C16H23NO3S. The second kappa shape index (κ2) is 6.28. The van der Waals surface area contributed by atoms with Gasteiger partial charge >= 0.3 is 0 Å². The maximum absolute atomic E-state index is 12.5. The molecule has 5 heteroatoms. The molecule has 21 heavy (non-hydrogen) atoms. The first kappa shape index (κ1) is 16.2. The Balaban J connectivity index is 2.26. The lowest BCUT2D eigenvalue weighted by Crippen LogP contribution is -2.50. The van der Waals surface area contributed by atoms with Gasteiger partial charge in [0.15, 0.2) is 0 Å². The highest BCUT2D eigenvalue weighted by molar-refractivity contribution is 7.89. The number of aryl methyl sites for hydroxylation is 1. The lowest BCUT2D eigenvalue weighted by atomic mass is 9.70. The minimum Gasteiger partial charge on any atom is -0.303 e. The zero-order valence-electron chi connectivity index (χ0n) is 12.6. The van der Waals surface area contributed by atoms with Gasteiger partial charge in [-0.05, 0) is 38.3 Å². The van der Waals surface area contributed by atoms with E-state index in [1.165, 1.54) is 0 Å². The van der Waals surface area contributed by atoms with Crippen molar-refractivity contribution in [3.63, 3.8) is 0 Å². The minimum atomic E-state index is -3.58. The second-order valence-corrected chi connectivity index (χ2v) is 7.65. The van der Waals surface area contributed by atoms with Crippen LogP contribution in [0.15, 0.2) is 29.2 Å². The molecule has 4 nitrogen and oxygen atoms in total. The summed E-state index contributed by atoms with van der Waals surface area (Å²) in [5.41, 5.74) is 0.457. The van der Waals surface area contributed by atoms with Gasteiger partial charge in [0.1, 0.15) is 6.29 Å². The first-order valence-electron chi connectivity index (χ1n) is 7.49. The number of carbonyl (C=O) groups excluding carboxylic acids is 1. The third kappa shape index (κ3) is 3.35. The van der Waals surface area contributed by atoms with Crippen molar-refractivity contribution < 1.29 is 13.2 Å². The fourth-order valence-electron chi connectivity index (χ4n) is 3.06. The fraction of sp³-hybridized carbons (Fsp3) is 0.562. The van der Waals surface area contributed by atoms with Crippen molar-refractivity contribution in [1.82, 2.24) is 4.72 Å². The van der Waals surface area contributed by atoms with E-state index in [0.717, 1.165) is 37.5 Å². The molecule has 0 amide bonds. The average Bonchev–Trinajstić information content (AvgIpc) is 2.48. The molecule has 0 spiro atoms. The van der Waals surface area contributed by atoms with Crippen molar-refractivity contribution in [1.29, 1.82) is 0 Å². The lowest BCUT2D eigenvalue weighted by Gasteiger charge is -2.39. The summed E-state index contributed by atoms with van der Waals surface area (Å²) < 4.78 is 27.8. The Morgan fingerprint density at radius 3 is 2.52 bits per heavy atom. The summed E-state index contributed by atoms with van der Waals surface area (Å²) in [6, 6.07) is 6.47. The Kier molecular flexibility index (Phi) is 4.84. The molecule has 0 aromatic heterocycles. The third-order valence-corrected chi connectivity index (χ3v) is 6.09. The van der Waals surface area contributed by atoms with E-state index in [0.29, 0.717) is 6.42 Å². The van der Waals surface area contributed by atoms with Crippen LogP contribution < -0.4 is 4.72 Å². The molecule has 1 N–H and O–H groups in total. The van der Waals surface area contributed by atoms with Gasteiger partial charge in [0.25, 0.3) is 0 Å². The topological polar surface area (TPSA) is 63.2 Å². The Morgan fingerprint density at radius 1 is 1.29 bits per heavy atom. The molecule has 0 saturated heterocycles. The zero-order chi connectivity index (χ0) is 15.5. The van der Waals surface area contributed by atoms with E-state index in [2.05, 4.69) is 4.72 Å². The van der Waals surface area contributed by atoms with E-state index in [-0.39, 0.29) is 10.9 Å². The van der Waals surface area contributed by atoms with Crippen LogP contribution >= 0.6 is 0 Å². The summed E-state index contributed by atoms with van der Waals surface area (Å²) in [6.45, 7) is 3.87. The van der Waals surface area contributed by atoms with E-state index in [9.17, 15) is 13.2 Å². The minimum absolute atomic E-state index is 0.259. The summed E-state index contributed by atoms with van der Waals surface area (Å²) in [5, 5.41) is 0. The van der Waals surface area contributed by atoms with Crippen LogP contribution in [-0.4, -0.2) is 20.7 Å². The highest BCUT2D eigenvalue weighted by atomic mass is 32.2. The fourth-order valence-corrected chi connectivity index (χ4v) is 4.42. The highest BCUT2D eigenvalue weighted by Crippen LogP contribution is 2.38. The lowest BCUT2D eigenvalue weighted by molar-refractivity contribution is -0.119. The van der Waals surface area contributed by atoms with Gasteiger partial charge in [0, 0.05) is 11.5 Å². The van der Waals surface area contributed by atoms with Gasteiger partial charge in [-0.2, -0.15) is 0 Å². The number of rotatable bonds is 5. The van der Waals surface area contributed by atoms with Gasteiger partial charge in [-0.25, -0.2) is 13.1 Å². The predicted molar refractivity (Wildman–Crippen MR) is 82.5 cm³/mol. The molecular weight excluding hydrogens is 286 g/mol. The van der Waals surface area contributed by atoms with Gasteiger partial charge in [-0.15, -0.1) is 0 Å². The highest BCUT2D eigenvalue weighted by Gasteiger charge is 2.41. The van der Waals surface area contributed by atoms with Crippen molar-refractivity contribution in [2.24, 2.45) is 5.41 Å². The Labute approximate surface area is 127 Å². The molecule has 1 aromatic rings. The Bertz CT molecular complexity index is 594. The Hall–Kier alpha value is -1.20. The Morgan fingerprint density at radius 2 is 1.95 bits per heavy atom. The van der Waals surface area contributed by atoms with Crippen LogP contribution in [0.3, 0.4) is 0 Å². The van der Waals surface area contributed by atoms with Crippen LogP contribution in [0.4, 0.5) is 0 Å². The summed E-state index contributed by atoms with van der Waals surface area (Å²) in [7, 11) is -3.58. The number of sulfonamides is 1. The summed E-state index contributed by atoms with van der Waals surface area (Å²) in [4.78, 5) is 11.8. The molecule has 116 valence electrons. The predicted octanol–water partition coefficient (Wildman–Crippen LogP) is 2.81. The van der Waals surface area contributed by atoms with Crippen LogP contribution in [0.5, 0.6) is 0 Å². The molecule has 0 bridgehead atoms. The first-order chi connectivity index (χ1) is 9.93. The molecule has 2 atom stereocenters. The van der Waals surface area contributed by atoms with Gasteiger partial charge in [-0.1, -0.05) is 37.5 Å². The van der Waals surface area contributed by atoms with E-state index < -0.39 is 15.4 Å². The quantitative estimate of drug-likeness (QED) is 0.851. The SMILES string of the molecule is CC[C@@]1(C=O)CCCC[C@@H]1NS(=O)(=O)c1ccc(C)cc1. The van der Waals surface area contributed by atoms with Crippen LogP contribution in [0.2, 0.25) is 0 Å². The van der Waals surface area contributed by atoms with E-state index in [1.807, 2.05) is 13.8 Å². The zero-order valence-corrected chi connectivity index (χ0v) is 13.4. The maximum Gasteiger partial charge on any atom is 0.240 e. The normalized spacial score (nSPS) is 26.5. The van der Waals surface area contributed by atoms with E-state index in [1.54, 1.807) is 24.3 Å². The van der Waals surface area contributed by atoms with Gasteiger partial charge in [-0.3, -0.25) is 0 Å². The summed E-state index contributed by atoms with van der Waals surface area (Å²) in [6.07, 6.45) is 5.03. The van der Waals surface area contributed by atoms with Crippen LogP contribution in [0.1, 0.15) is 44.6 Å². The molecule has 1 aliphatic carbocycles. The van der Waals surface area contributed by atoms with E-state index >= 15 is 0 Å². The number of hydrogen-bond acceptors (Lipinski definition) is 3. The summed E-state index contributed by atoms with van der Waals surface area (Å²) in [5.74, 6) is 0. The number of nitrogens with one attached hydrogen (secondary N) is 1. The third-order valence-electron chi connectivity index (χ3n) is 4.60. The van der Waals surface area contributed by atoms with Crippen LogP contribution in [0, 0.1) is 12.3 Å². The van der Waals surface area contributed by atoms with Gasteiger partial charge in [0.05, 0.1) is 4.90 Å². The van der Waals surface area contributed by atoms with Crippen LogP contribution in [0.25, 0.3) is 0 Å². The van der Waals surface area contributed by atoms with Crippen molar-refractivity contribution in [3.8, 4) is 0 Å². The van der Waals surface area contributed by atoms with Crippen molar-refractivity contribution in [2.75, 3.05) is 0 Å². The molecule has 0 heterocycles. The number of carbonyl (C=O) groups is 1. The maximum atomic E-state index is 12.5. The van der Waals surface area contributed by atoms with Crippen molar-refractivity contribution in [2.45, 2.75) is 56.9 Å². The second-order valence-electron chi connectivity index (χ2n) is 5.94. The molecule has 0 aliphatic heterocycles. The molecule has 1 aliphatic rings. The molecule has 0 radical (unpaired) electrons. The summed E-state index contributed by atoms with van der Waals surface area (Å²) >= 11 is 0. The number of aldehydes is 1. The number of hydrogen-bond donors (Lipinski definition) is 1. The van der Waals surface area contributed by atoms with Crippen molar-refractivity contribution >= 4 is 16.3 Å². The molecule has 1 aromatic carbocycles. The molecule has 1 fully saturated rings. The molecule has 1 saturated carbocycles. The smallest absolute Gasteiger partial charge is 0.240 e. The van der Waals surface area contributed by atoms with Crippen LogP contribution in [-0.2, 0) is 14.8 Å². The molecule has 0 unspecified atom stereocenters. The standard InChI is InChI=1S/C16H23NO3S/c1-3-16(12-18)11-5-4-6-15(16)17-21(19,20)14-9-7-13(2)8-10-14/h7-10,12,15,17H,3-6,11H2,1-2H3/t15-,16-/m0/s1. The van der Waals surface area contributed by atoms with Gasteiger partial charge in [0.2, 0.25) is 10.0 Å². The number of benzene rings is 1. The van der Waals surface area contributed by atoms with Crippen molar-refractivity contribution in [3.05, 3.63) is 29.8 Å². The van der Waals surface area contributed by atoms with Gasteiger partial charge < -0.3 is 4.79 Å². The van der Waals surface area contributed by atoms with E-state index in [4.69, 9.17) is 0 Å². The monoisotopic (exact) mass is 309 g/mol. The first-order valence-corrected chi connectivity index (χ1v) is 8.97. The average molecular weight is 309 g/mol. The molecule has 2 rings (SSSR count). The largest absolute Gasteiger partial charge is 0.303 e.